The summed E-state index contributed by atoms with van der Waals surface area (Å²) in [6.45, 7) is 4.56. The van der Waals surface area contributed by atoms with E-state index in [9.17, 15) is 43.3 Å². The van der Waals surface area contributed by atoms with Crippen molar-refractivity contribution in [1.29, 1.82) is 0 Å². The number of fused-ring (bicyclic) bond motifs is 2. The van der Waals surface area contributed by atoms with Crippen LogP contribution in [0.2, 0.25) is 10.0 Å². The van der Waals surface area contributed by atoms with Gasteiger partial charge in [0.25, 0.3) is 11.8 Å². The van der Waals surface area contributed by atoms with Crippen molar-refractivity contribution >= 4 is 68.8 Å². The molecule has 0 aliphatic carbocycles. The number of nitrogens with zero attached hydrogens (tertiary/aromatic N) is 2. The minimum Gasteiger partial charge on any atom is -0.505 e. The molecule has 0 aliphatic rings. The highest BCUT2D eigenvalue weighted by molar-refractivity contribution is 6.31. The molecule has 6 aromatic rings. The minimum absolute atomic E-state index is 0.0137. The third kappa shape index (κ3) is 6.82. The maximum absolute atomic E-state index is 14.8. The zero-order valence-corrected chi connectivity index (χ0v) is 29.5. The molecule has 2 aromatic heterocycles. The number of phenolic OH excluding ortho intramolecular Hbond substituents is 1. The Bertz CT molecular complexity index is 2400. The van der Waals surface area contributed by atoms with Gasteiger partial charge in [-0.15, -0.1) is 0 Å². The van der Waals surface area contributed by atoms with Gasteiger partial charge in [0.15, 0.2) is 23.1 Å². The summed E-state index contributed by atoms with van der Waals surface area (Å²) < 4.78 is 37.0. The van der Waals surface area contributed by atoms with Gasteiger partial charge in [-0.1, -0.05) is 23.2 Å². The van der Waals surface area contributed by atoms with Crippen molar-refractivity contribution in [2.45, 2.75) is 33.1 Å². The summed E-state index contributed by atoms with van der Waals surface area (Å²) >= 11 is 11.7. The molecular formula is C38H30Cl2F2N2O8. The predicted molar refractivity (Wildman–Crippen MR) is 191 cm³/mol. The number of carbonyl (C=O) groups excluding carboxylic acids is 2. The van der Waals surface area contributed by atoms with Gasteiger partial charge >= 0.3 is 11.9 Å². The van der Waals surface area contributed by atoms with E-state index >= 15 is 0 Å². The van der Waals surface area contributed by atoms with Gasteiger partial charge < -0.3 is 20.1 Å². The monoisotopic (exact) mass is 750 g/mol. The number of aliphatic carboxylic acids is 2. The quantitative estimate of drug-likeness (QED) is 0.147. The summed E-state index contributed by atoms with van der Waals surface area (Å²) in [7, 11) is 1.32. The topological polar surface area (TPSA) is 148 Å². The van der Waals surface area contributed by atoms with E-state index in [4.69, 9.17) is 27.9 Å². The highest BCUT2D eigenvalue weighted by atomic mass is 35.5. The molecular weight excluding hydrogens is 721 g/mol. The highest BCUT2D eigenvalue weighted by Gasteiger charge is 2.29. The van der Waals surface area contributed by atoms with E-state index in [1.54, 1.807) is 56.3 Å². The molecule has 0 bridgehead atoms. The smallest absolute Gasteiger partial charge is 0.310 e. The van der Waals surface area contributed by atoms with Gasteiger partial charge in [-0.2, -0.15) is 0 Å². The molecule has 268 valence electrons. The van der Waals surface area contributed by atoms with Crippen LogP contribution < -0.4 is 4.74 Å². The summed E-state index contributed by atoms with van der Waals surface area (Å²) in [5.74, 6) is -6.44. The first-order valence-corrected chi connectivity index (χ1v) is 16.3. The van der Waals surface area contributed by atoms with Crippen LogP contribution >= 0.6 is 23.2 Å². The molecule has 52 heavy (non-hydrogen) atoms. The predicted octanol–water partition coefficient (Wildman–Crippen LogP) is 8.39. The van der Waals surface area contributed by atoms with Gasteiger partial charge in [-0.3, -0.25) is 28.3 Å². The van der Waals surface area contributed by atoms with Crippen molar-refractivity contribution in [3.8, 4) is 11.5 Å². The molecule has 0 spiro atoms. The second-order valence-electron chi connectivity index (χ2n) is 11.8. The van der Waals surface area contributed by atoms with Crippen molar-refractivity contribution in [2.24, 2.45) is 0 Å². The van der Waals surface area contributed by atoms with Crippen LogP contribution in [-0.2, 0) is 16.0 Å². The van der Waals surface area contributed by atoms with Gasteiger partial charge in [0.2, 0.25) is 0 Å². The number of carbonyl (C=O) groups is 4. The number of phenols is 1. The molecule has 0 radical (unpaired) electrons. The zero-order chi connectivity index (χ0) is 38.2. The lowest BCUT2D eigenvalue weighted by molar-refractivity contribution is -0.138. The van der Waals surface area contributed by atoms with Gasteiger partial charge in [-0.25, -0.2) is 8.78 Å². The zero-order valence-electron chi connectivity index (χ0n) is 28.0. The van der Waals surface area contributed by atoms with Crippen molar-refractivity contribution in [1.82, 2.24) is 9.13 Å². The van der Waals surface area contributed by atoms with E-state index in [0.717, 1.165) is 6.07 Å². The average Bonchev–Trinajstić information content (AvgIpc) is 3.56. The molecule has 2 heterocycles. The Hall–Kier alpha value is -5.72. The summed E-state index contributed by atoms with van der Waals surface area (Å²) in [6, 6.07) is 18.0. The van der Waals surface area contributed by atoms with E-state index in [1.165, 1.54) is 47.4 Å². The number of hydrogen-bond donors (Lipinski definition) is 3. The lowest BCUT2D eigenvalue weighted by Gasteiger charge is -2.09. The first-order valence-electron chi connectivity index (χ1n) is 15.5. The van der Waals surface area contributed by atoms with Crippen molar-refractivity contribution in [3.05, 3.63) is 128 Å². The SMILES string of the molecule is COc1ccc2c(c1F)c(CC(=O)O)c(C)n2C(=O)c1ccc(Cl)cc1.Cc1c(C(C)C(=O)O)c2c(F)c(O)ccc2n1C(=O)c1ccc(Cl)cc1. The van der Waals surface area contributed by atoms with Crippen LogP contribution in [0, 0.1) is 25.5 Å². The summed E-state index contributed by atoms with van der Waals surface area (Å²) in [6.07, 6.45) is -0.409. The first kappa shape index (κ1) is 37.5. The van der Waals surface area contributed by atoms with Crippen LogP contribution in [0.4, 0.5) is 8.78 Å². The second-order valence-corrected chi connectivity index (χ2v) is 12.6. The largest absolute Gasteiger partial charge is 0.505 e. The molecule has 0 fully saturated rings. The summed E-state index contributed by atoms with van der Waals surface area (Å²) in [5.41, 5.74) is 2.23. The number of aromatic nitrogens is 2. The van der Waals surface area contributed by atoms with Gasteiger partial charge in [0.1, 0.15) is 0 Å². The summed E-state index contributed by atoms with van der Waals surface area (Å²) in [5, 5.41) is 29.3. The Labute approximate surface area is 305 Å². The fraction of sp³-hybridized carbons (Fsp3) is 0.158. The first-order chi connectivity index (χ1) is 24.6. The second kappa shape index (κ2) is 14.9. The maximum Gasteiger partial charge on any atom is 0.310 e. The third-order valence-electron chi connectivity index (χ3n) is 8.67. The molecule has 0 saturated carbocycles. The Morgan fingerprint density at radius 2 is 1.21 bits per heavy atom. The standard InChI is InChI=1S/2C19H15ClFNO4/c1-10-13(9-16(23)24)17-14(7-8-15(26-2)18(17)21)22(10)19(25)11-3-5-12(20)6-4-11;1-9(19(25)26)15-10(2)22(13-7-8-14(23)17(21)16(13)15)18(24)11-3-5-12(20)6-4-11/h3-8H,9H2,1-2H3,(H,23,24);3-9,23H,1-2H3,(H,25,26). The molecule has 10 nitrogen and oxygen atoms in total. The van der Waals surface area contributed by atoms with E-state index in [0.29, 0.717) is 32.6 Å². The minimum atomic E-state index is -1.16. The Balaban J connectivity index is 0.000000201. The van der Waals surface area contributed by atoms with Crippen LogP contribution in [0.15, 0.2) is 72.8 Å². The average molecular weight is 752 g/mol. The molecule has 0 amide bonds. The Kier molecular flexibility index (Phi) is 10.7. The van der Waals surface area contributed by atoms with Gasteiger partial charge in [-0.05, 0) is 105 Å². The maximum atomic E-state index is 14.8. The molecule has 4 aromatic carbocycles. The molecule has 0 aliphatic heterocycles. The van der Waals surface area contributed by atoms with E-state index in [1.807, 2.05) is 0 Å². The molecule has 1 unspecified atom stereocenters. The molecule has 3 N–H and O–H groups in total. The number of carboxylic acids is 2. The van der Waals surface area contributed by atoms with Crippen molar-refractivity contribution < 1.29 is 48.0 Å². The number of methoxy groups -OCH3 is 1. The fourth-order valence-corrected chi connectivity index (χ4v) is 6.39. The van der Waals surface area contributed by atoms with E-state index in [2.05, 4.69) is 0 Å². The molecule has 6 rings (SSSR count). The highest BCUT2D eigenvalue weighted by Crippen LogP contribution is 2.38. The number of rotatable bonds is 7. The van der Waals surface area contributed by atoms with Crippen LogP contribution in [0.25, 0.3) is 21.8 Å². The van der Waals surface area contributed by atoms with E-state index < -0.39 is 53.5 Å². The van der Waals surface area contributed by atoms with Crippen LogP contribution in [-0.4, -0.2) is 55.3 Å². The van der Waals surface area contributed by atoms with Crippen molar-refractivity contribution in [3.63, 3.8) is 0 Å². The molecule has 14 heteroatoms. The molecule has 1 atom stereocenters. The number of aromatic hydroxyl groups is 1. The lowest BCUT2D eigenvalue weighted by Crippen LogP contribution is -2.15. The number of ether oxygens (including phenoxy) is 1. The number of carboxylic acid groups (broad SMARTS) is 2. The van der Waals surface area contributed by atoms with Crippen LogP contribution in [0.1, 0.15) is 56.1 Å². The number of hydrogen-bond acceptors (Lipinski definition) is 6. The van der Waals surface area contributed by atoms with Crippen LogP contribution in [0.3, 0.4) is 0 Å². The normalized spacial score (nSPS) is 11.6. The number of halogens is 4. The van der Waals surface area contributed by atoms with Crippen molar-refractivity contribution in [2.75, 3.05) is 7.11 Å². The number of benzene rings is 4. The van der Waals surface area contributed by atoms with Gasteiger partial charge in [0.05, 0.1) is 30.5 Å². The fourth-order valence-electron chi connectivity index (χ4n) is 6.14. The van der Waals surface area contributed by atoms with Gasteiger partial charge in [0, 0.05) is 43.3 Å². The third-order valence-corrected chi connectivity index (χ3v) is 9.18. The summed E-state index contributed by atoms with van der Waals surface area (Å²) in [4.78, 5) is 48.7. The molecule has 0 saturated heterocycles. The van der Waals surface area contributed by atoms with E-state index in [-0.39, 0.29) is 38.7 Å². The van der Waals surface area contributed by atoms with Crippen LogP contribution in [0.5, 0.6) is 11.5 Å². The Morgan fingerprint density at radius 3 is 1.69 bits per heavy atom. The lowest BCUT2D eigenvalue weighted by atomic mass is 9.97. The Morgan fingerprint density at radius 1 is 0.731 bits per heavy atom.